The van der Waals surface area contributed by atoms with Crippen LogP contribution in [0.25, 0.3) is 0 Å². The van der Waals surface area contributed by atoms with Crippen molar-refractivity contribution >= 4 is 40.5 Å². The largest absolute Gasteiger partial charge is 0.376 e. The number of amides is 3. The molecule has 0 aliphatic rings. The van der Waals surface area contributed by atoms with Crippen molar-refractivity contribution in [3.63, 3.8) is 0 Å². The van der Waals surface area contributed by atoms with Crippen molar-refractivity contribution in [1.82, 2.24) is 0 Å². The van der Waals surface area contributed by atoms with Gasteiger partial charge in [-0.3, -0.25) is 14.4 Å². The third kappa shape index (κ3) is 8.34. The Morgan fingerprint density at radius 3 is 1.93 bits per heavy atom. The number of benzene rings is 2. The van der Waals surface area contributed by atoms with Crippen molar-refractivity contribution < 1.29 is 14.4 Å². The predicted molar refractivity (Wildman–Crippen MR) is 122 cm³/mol. The highest BCUT2D eigenvalue weighted by atomic mass is 16.2. The van der Waals surface area contributed by atoms with Crippen molar-refractivity contribution in [2.75, 3.05) is 27.8 Å². The van der Waals surface area contributed by atoms with E-state index < -0.39 is 0 Å². The molecule has 0 spiro atoms. The van der Waals surface area contributed by atoms with Gasteiger partial charge in [-0.15, -0.1) is 0 Å². The topological polar surface area (TPSA) is 99.3 Å². The number of anilines is 4. The van der Waals surface area contributed by atoms with E-state index in [1.807, 2.05) is 32.9 Å². The molecule has 4 N–H and O–H groups in total. The quantitative estimate of drug-likeness (QED) is 0.465. The number of hydrogen-bond acceptors (Lipinski definition) is 4. The maximum Gasteiger partial charge on any atom is 0.243 e. The lowest BCUT2D eigenvalue weighted by Crippen LogP contribution is -2.22. The van der Waals surface area contributed by atoms with E-state index in [-0.39, 0.29) is 24.3 Å². The number of carbonyl (C=O) groups excluding carboxylic acids is 3. The zero-order chi connectivity index (χ0) is 21.9. The fourth-order valence-corrected chi connectivity index (χ4v) is 2.77. The average Bonchev–Trinajstić information content (AvgIpc) is 2.67. The Morgan fingerprint density at radius 1 is 0.767 bits per heavy atom. The smallest absolute Gasteiger partial charge is 0.243 e. The summed E-state index contributed by atoms with van der Waals surface area (Å²) in [7, 11) is 0. The van der Waals surface area contributed by atoms with Crippen LogP contribution in [-0.4, -0.2) is 24.3 Å². The van der Waals surface area contributed by atoms with Gasteiger partial charge in [-0.1, -0.05) is 26.8 Å². The van der Waals surface area contributed by atoms with Crippen LogP contribution in [0, 0.1) is 5.92 Å². The molecular formula is C23H30N4O3. The van der Waals surface area contributed by atoms with Crippen molar-refractivity contribution in [3.8, 4) is 0 Å². The number of rotatable bonds is 10. The molecule has 0 bridgehead atoms. The van der Waals surface area contributed by atoms with E-state index in [0.717, 1.165) is 17.8 Å². The zero-order valence-electron chi connectivity index (χ0n) is 17.7. The summed E-state index contributed by atoms with van der Waals surface area (Å²) in [4.78, 5) is 35.7. The molecule has 0 fully saturated rings. The third-order valence-corrected chi connectivity index (χ3v) is 4.12. The Balaban J connectivity index is 1.82. The standard InChI is InChI=1S/C23H30N4O3/c1-4-6-21(28)26-19-7-5-8-20(14-19)27-23(30)15-24-17-9-11-18(12-10-17)25-22(29)13-16(2)3/h5,7-12,14,16,24H,4,6,13,15H2,1-3H3,(H,25,29)(H,26,28)(H,27,30). The maximum atomic E-state index is 12.2. The summed E-state index contributed by atoms with van der Waals surface area (Å²) >= 11 is 0. The Hall–Kier alpha value is -3.35. The van der Waals surface area contributed by atoms with Crippen LogP contribution in [0.4, 0.5) is 22.7 Å². The van der Waals surface area contributed by atoms with Gasteiger partial charge < -0.3 is 21.3 Å². The Morgan fingerprint density at radius 2 is 1.33 bits per heavy atom. The lowest BCUT2D eigenvalue weighted by Gasteiger charge is -2.11. The van der Waals surface area contributed by atoms with Crippen LogP contribution in [-0.2, 0) is 14.4 Å². The number of nitrogens with one attached hydrogen (secondary N) is 4. The molecule has 30 heavy (non-hydrogen) atoms. The molecule has 7 heteroatoms. The van der Waals surface area contributed by atoms with E-state index >= 15 is 0 Å². The van der Waals surface area contributed by atoms with Crippen molar-refractivity contribution in [1.29, 1.82) is 0 Å². The van der Waals surface area contributed by atoms with Crippen LogP contribution in [0.3, 0.4) is 0 Å². The van der Waals surface area contributed by atoms with Gasteiger partial charge in [-0.05, 0) is 54.8 Å². The predicted octanol–water partition coefficient (Wildman–Crippen LogP) is 4.46. The number of carbonyl (C=O) groups is 3. The summed E-state index contributed by atoms with van der Waals surface area (Å²) in [5.41, 5.74) is 2.75. The normalized spacial score (nSPS) is 10.4. The summed E-state index contributed by atoms with van der Waals surface area (Å²) in [6.45, 7) is 6.03. The van der Waals surface area contributed by atoms with Crippen LogP contribution in [0.15, 0.2) is 48.5 Å². The van der Waals surface area contributed by atoms with E-state index in [1.54, 1.807) is 36.4 Å². The molecule has 2 aromatic rings. The van der Waals surface area contributed by atoms with E-state index in [1.165, 1.54) is 0 Å². The van der Waals surface area contributed by atoms with Crippen LogP contribution in [0.2, 0.25) is 0 Å². The first kappa shape index (κ1) is 22.9. The van der Waals surface area contributed by atoms with Gasteiger partial charge in [0, 0.05) is 35.6 Å². The van der Waals surface area contributed by atoms with Gasteiger partial charge in [0.05, 0.1) is 6.54 Å². The molecule has 0 aliphatic carbocycles. The van der Waals surface area contributed by atoms with Crippen LogP contribution in [0.5, 0.6) is 0 Å². The second-order valence-electron chi connectivity index (χ2n) is 7.50. The third-order valence-electron chi connectivity index (χ3n) is 4.12. The molecule has 0 unspecified atom stereocenters. The second-order valence-corrected chi connectivity index (χ2v) is 7.50. The van der Waals surface area contributed by atoms with Gasteiger partial charge in [-0.2, -0.15) is 0 Å². The Kier molecular flexibility index (Phi) is 8.87. The lowest BCUT2D eigenvalue weighted by atomic mass is 10.1. The summed E-state index contributed by atoms with van der Waals surface area (Å²) in [6, 6.07) is 14.2. The van der Waals surface area contributed by atoms with Crippen LogP contribution in [0.1, 0.15) is 40.0 Å². The van der Waals surface area contributed by atoms with E-state index in [2.05, 4.69) is 21.3 Å². The SMILES string of the molecule is CCCC(=O)Nc1cccc(NC(=O)CNc2ccc(NC(=O)CC(C)C)cc2)c1. The molecule has 160 valence electrons. The molecule has 0 radical (unpaired) electrons. The second kappa shape index (κ2) is 11.6. The Labute approximate surface area is 177 Å². The van der Waals surface area contributed by atoms with Gasteiger partial charge in [-0.25, -0.2) is 0 Å². The molecule has 0 atom stereocenters. The fraction of sp³-hybridized carbons (Fsp3) is 0.348. The molecule has 0 aliphatic heterocycles. The molecule has 0 aromatic heterocycles. The monoisotopic (exact) mass is 410 g/mol. The molecule has 0 saturated heterocycles. The summed E-state index contributed by atoms with van der Waals surface area (Å²) in [6.07, 6.45) is 1.71. The molecule has 2 rings (SSSR count). The fourth-order valence-electron chi connectivity index (χ4n) is 2.77. The summed E-state index contributed by atoms with van der Waals surface area (Å²) in [5, 5.41) is 11.5. The van der Waals surface area contributed by atoms with Crippen molar-refractivity contribution in [2.45, 2.75) is 40.0 Å². The summed E-state index contributed by atoms with van der Waals surface area (Å²) < 4.78 is 0. The van der Waals surface area contributed by atoms with Gasteiger partial charge in [0.2, 0.25) is 17.7 Å². The van der Waals surface area contributed by atoms with Gasteiger partial charge in [0.1, 0.15) is 0 Å². The molecule has 2 aromatic carbocycles. The van der Waals surface area contributed by atoms with Gasteiger partial charge >= 0.3 is 0 Å². The molecule has 7 nitrogen and oxygen atoms in total. The van der Waals surface area contributed by atoms with Crippen molar-refractivity contribution in [3.05, 3.63) is 48.5 Å². The number of hydrogen-bond donors (Lipinski definition) is 4. The molecular weight excluding hydrogens is 380 g/mol. The van der Waals surface area contributed by atoms with E-state index in [0.29, 0.717) is 30.1 Å². The van der Waals surface area contributed by atoms with Gasteiger partial charge in [0.15, 0.2) is 0 Å². The lowest BCUT2D eigenvalue weighted by molar-refractivity contribution is -0.117. The first-order valence-corrected chi connectivity index (χ1v) is 10.2. The average molecular weight is 411 g/mol. The first-order valence-electron chi connectivity index (χ1n) is 10.2. The van der Waals surface area contributed by atoms with Crippen LogP contribution < -0.4 is 21.3 Å². The minimum atomic E-state index is -0.207. The Bertz CT molecular complexity index is 863. The highest BCUT2D eigenvalue weighted by Crippen LogP contribution is 2.17. The minimum Gasteiger partial charge on any atom is -0.376 e. The highest BCUT2D eigenvalue weighted by molar-refractivity contribution is 5.96. The van der Waals surface area contributed by atoms with Crippen molar-refractivity contribution in [2.24, 2.45) is 5.92 Å². The van der Waals surface area contributed by atoms with E-state index in [4.69, 9.17) is 0 Å². The maximum absolute atomic E-state index is 12.2. The van der Waals surface area contributed by atoms with E-state index in [9.17, 15) is 14.4 Å². The first-order chi connectivity index (χ1) is 14.4. The van der Waals surface area contributed by atoms with Gasteiger partial charge in [0.25, 0.3) is 0 Å². The zero-order valence-corrected chi connectivity index (χ0v) is 17.7. The molecule has 3 amide bonds. The molecule has 0 saturated carbocycles. The highest BCUT2D eigenvalue weighted by Gasteiger charge is 2.07. The van der Waals surface area contributed by atoms with Crippen LogP contribution >= 0.6 is 0 Å². The minimum absolute atomic E-state index is 0.0156. The summed E-state index contributed by atoms with van der Waals surface area (Å²) in [5.74, 6) is 0.0313. The molecule has 0 heterocycles.